The van der Waals surface area contributed by atoms with Crippen LogP contribution in [0.25, 0.3) is 0 Å². The van der Waals surface area contributed by atoms with Crippen LogP contribution in [0.3, 0.4) is 0 Å². The van der Waals surface area contributed by atoms with Gasteiger partial charge in [0.05, 0.1) is 19.2 Å². The molecule has 3 rings (SSSR count). The second kappa shape index (κ2) is 5.18. The van der Waals surface area contributed by atoms with Crippen molar-refractivity contribution in [2.45, 2.75) is 45.7 Å². The third-order valence-electron chi connectivity index (χ3n) is 5.02. The highest BCUT2D eigenvalue weighted by molar-refractivity contribution is 5.82. The van der Waals surface area contributed by atoms with E-state index in [-0.39, 0.29) is 23.2 Å². The molecule has 124 valence electrons. The number of benzene rings is 1. The van der Waals surface area contributed by atoms with Crippen LogP contribution in [0.5, 0.6) is 11.5 Å². The maximum atomic E-state index is 12.8. The maximum Gasteiger partial charge on any atom is 0.325 e. The van der Waals surface area contributed by atoms with Gasteiger partial charge in [0, 0.05) is 29.8 Å². The van der Waals surface area contributed by atoms with E-state index in [4.69, 9.17) is 4.74 Å². The summed E-state index contributed by atoms with van der Waals surface area (Å²) in [5.41, 5.74) is 2.47. The first-order valence-corrected chi connectivity index (χ1v) is 8.02. The van der Waals surface area contributed by atoms with E-state index in [2.05, 4.69) is 26.8 Å². The van der Waals surface area contributed by atoms with Crippen LogP contribution in [0, 0.1) is 0 Å². The van der Waals surface area contributed by atoms with Gasteiger partial charge in [-0.3, -0.25) is 4.90 Å². The number of methoxy groups -OCH3 is 1. The molecular weight excluding hydrogens is 292 g/mol. The van der Waals surface area contributed by atoms with Crippen LogP contribution < -0.4 is 4.74 Å². The number of phenolic OH excluding ortho intramolecular Hbond substituents is 1. The first kappa shape index (κ1) is 15.7. The number of allylic oxidation sites excluding steroid dienone is 1. The number of urea groups is 1. The SMILES string of the molecule is CCN1C(=O)N2Cc3cc(OC)cc(O)c3[C@@H](C)C=C2C1(C)C. The number of rotatable bonds is 2. The molecule has 2 amide bonds. The van der Waals surface area contributed by atoms with E-state index < -0.39 is 0 Å². The summed E-state index contributed by atoms with van der Waals surface area (Å²) in [6, 6.07) is 3.57. The predicted octanol–water partition coefficient (Wildman–Crippen LogP) is 3.44. The van der Waals surface area contributed by atoms with Crippen molar-refractivity contribution in [3.63, 3.8) is 0 Å². The zero-order valence-electron chi connectivity index (χ0n) is 14.4. The maximum absolute atomic E-state index is 12.8. The van der Waals surface area contributed by atoms with Gasteiger partial charge in [-0.25, -0.2) is 4.79 Å². The molecule has 2 heterocycles. The van der Waals surface area contributed by atoms with Crippen LogP contribution in [0.1, 0.15) is 44.7 Å². The quantitative estimate of drug-likeness (QED) is 0.909. The van der Waals surface area contributed by atoms with Crippen molar-refractivity contribution in [2.75, 3.05) is 13.7 Å². The number of hydrogen-bond acceptors (Lipinski definition) is 3. The van der Waals surface area contributed by atoms with E-state index >= 15 is 0 Å². The van der Waals surface area contributed by atoms with E-state index in [9.17, 15) is 9.90 Å². The van der Waals surface area contributed by atoms with Gasteiger partial charge in [-0.2, -0.15) is 0 Å². The molecule has 1 N–H and O–H groups in total. The van der Waals surface area contributed by atoms with E-state index in [1.54, 1.807) is 13.2 Å². The lowest BCUT2D eigenvalue weighted by atomic mass is 9.92. The molecule has 1 aromatic rings. The smallest absolute Gasteiger partial charge is 0.325 e. The van der Waals surface area contributed by atoms with Crippen molar-refractivity contribution < 1.29 is 14.6 Å². The molecule has 5 nitrogen and oxygen atoms in total. The summed E-state index contributed by atoms with van der Waals surface area (Å²) in [7, 11) is 1.58. The molecular formula is C18H24N2O3. The Hall–Kier alpha value is -2.17. The number of nitrogens with zero attached hydrogens (tertiary/aromatic N) is 2. The van der Waals surface area contributed by atoms with Crippen LogP contribution in [0.15, 0.2) is 23.9 Å². The number of hydrogen-bond donors (Lipinski definition) is 1. The molecule has 1 saturated heterocycles. The highest BCUT2D eigenvalue weighted by Crippen LogP contribution is 2.44. The third kappa shape index (κ3) is 2.18. The van der Waals surface area contributed by atoms with Gasteiger partial charge in [-0.1, -0.05) is 13.0 Å². The number of likely N-dealkylation sites (N-methyl/N-ethyl adjacent to an activating group) is 1. The number of phenols is 1. The lowest BCUT2D eigenvalue weighted by Gasteiger charge is -2.29. The van der Waals surface area contributed by atoms with Gasteiger partial charge >= 0.3 is 6.03 Å². The van der Waals surface area contributed by atoms with Crippen LogP contribution in [0.2, 0.25) is 0 Å². The molecule has 0 spiro atoms. The van der Waals surface area contributed by atoms with Gasteiger partial charge in [-0.15, -0.1) is 0 Å². The van der Waals surface area contributed by atoms with Crippen molar-refractivity contribution in [3.05, 3.63) is 35.0 Å². The molecule has 0 radical (unpaired) electrons. The number of aromatic hydroxyl groups is 1. The third-order valence-corrected chi connectivity index (χ3v) is 5.02. The molecule has 0 unspecified atom stereocenters. The van der Waals surface area contributed by atoms with Crippen molar-refractivity contribution in [1.82, 2.24) is 9.80 Å². The largest absolute Gasteiger partial charge is 0.507 e. The number of carbonyl (C=O) groups excluding carboxylic acids is 1. The standard InChI is InChI=1S/C18H24N2O3/c1-6-20-17(22)19-10-12-8-13(23-5)9-14(21)16(12)11(2)7-15(19)18(20,3)4/h7-9,11,21H,6,10H2,1-5H3/t11-/m0/s1. The predicted molar refractivity (Wildman–Crippen MR) is 88.6 cm³/mol. The Labute approximate surface area is 137 Å². The van der Waals surface area contributed by atoms with E-state index in [0.29, 0.717) is 18.8 Å². The first-order chi connectivity index (χ1) is 10.8. The average molecular weight is 316 g/mol. The molecule has 0 saturated carbocycles. The molecule has 2 aliphatic rings. The fourth-order valence-electron chi connectivity index (χ4n) is 3.87. The van der Waals surface area contributed by atoms with Gasteiger partial charge < -0.3 is 14.7 Å². The number of amides is 2. The molecule has 0 bridgehead atoms. The summed E-state index contributed by atoms with van der Waals surface area (Å²) >= 11 is 0. The summed E-state index contributed by atoms with van der Waals surface area (Å²) in [5.74, 6) is 0.859. The Morgan fingerprint density at radius 2 is 2.09 bits per heavy atom. The van der Waals surface area contributed by atoms with E-state index in [1.807, 2.05) is 22.8 Å². The molecule has 2 aliphatic heterocycles. The summed E-state index contributed by atoms with van der Waals surface area (Å²) in [4.78, 5) is 16.5. The van der Waals surface area contributed by atoms with Crippen molar-refractivity contribution in [1.29, 1.82) is 0 Å². The summed E-state index contributed by atoms with van der Waals surface area (Å²) < 4.78 is 5.27. The van der Waals surface area contributed by atoms with Gasteiger partial charge in [0.2, 0.25) is 0 Å². The minimum atomic E-state index is -0.345. The van der Waals surface area contributed by atoms with Gasteiger partial charge in [-0.05, 0) is 32.4 Å². The summed E-state index contributed by atoms with van der Waals surface area (Å²) in [6.45, 7) is 9.32. The van der Waals surface area contributed by atoms with E-state index in [1.165, 1.54) is 0 Å². The van der Waals surface area contributed by atoms with Crippen molar-refractivity contribution in [2.24, 2.45) is 0 Å². The second-order valence-electron chi connectivity index (χ2n) is 6.73. The Morgan fingerprint density at radius 1 is 1.39 bits per heavy atom. The van der Waals surface area contributed by atoms with Crippen LogP contribution in [0.4, 0.5) is 4.79 Å². The highest BCUT2D eigenvalue weighted by Gasteiger charge is 2.48. The molecule has 1 aromatic carbocycles. The number of carbonyl (C=O) groups is 1. The Balaban J connectivity index is 2.15. The molecule has 0 aromatic heterocycles. The fraction of sp³-hybridized carbons (Fsp3) is 0.500. The molecule has 23 heavy (non-hydrogen) atoms. The zero-order chi connectivity index (χ0) is 16.9. The second-order valence-corrected chi connectivity index (χ2v) is 6.73. The van der Waals surface area contributed by atoms with Crippen molar-refractivity contribution >= 4 is 6.03 Å². The average Bonchev–Trinajstić information content (AvgIpc) is 2.61. The normalized spacial score (nSPS) is 22.4. The highest BCUT2D eigenvalue weighted by atomic mass is 16.5. The molecule has 0 aliphatic carbocycles. The summed E-state index contributed by atoms with van der Waals surface area (Å²) in [5, 5.41) is 10.4. The first-order valence-electron chi connectivity index (χ1n) is 8.02. The Kier molecular flexibility index (Phi) is 3.54. The van der Waals surface area contributed by atoms with Gasteiger partial charge in [0.25, 0.3) is 0 Å². The van der Waals surface area contributed by atoms with Gasteiger partial charge in [0.15, 0.2) is 0 Å². The fourth-order valence-corrected chi connectivity index (χ4v) is 3.87. The lowest BCUT2D eigenvalue weighted by molar-refractivity contribution is 0.175. The van der Waals surface area contributed by atoms with Crippen molar-refractivity contribution in [3.8, 4) is 11.5 Å². The van der Waals surface area contributed by atoms with E-state index in [0.717, 1.165) is 16.8 Å². The van der Waals surface area contributed by atoms with Gasteiger partial charge in [0.1, 0.15) is 11.5 Å². The monoisotopic (exact) mass is 316 g/mol. The Bertz CT molecular complexity index is 694. The number of ether oxygens (including phenoxy) is 1. The minimum absolute atomic E-state index is 0.0195. The topological polar surface area (TPSA) is 53.0 Å². The molecule has 5 heteroatoms. The Morgan fingerprint density at radius 3 is 2.70 bits per heavy atom. The molecule has 1 atom stereocenters. The molecule has 1 fully saturated rings. The van der Waals surface area contributed by atoms with Crippen LogP contribution >= 0.6 is 0 Å². The number of fused-ring (bicyclic) bond motifs is 2. The lowest BCUT2D eigenvalue weighted by Crippen LogP contribution is -2.41. The van der Waals surface area contributed by atoms with Crippen LogP contribution in [-0.4, -0.2) is 40.1 Å². The zero-order valence-corrected chi connectivity index (χ0v) is 14.4. The minimum Gasteiger partial charge on any atom is -0.507 e. The van der Waals surface area contributed by atoms with Crippen LogP contribution in [-0.2, 0) is 6.54 Å². The summed E-state index contributed by atoms with van der Waals surface area (Å²) in [6.07, 6.45) is 2.10.